The number of ether oxygens (including phenoxy) is 1. The second-order valence-corrected chi connectivity index (χ2v) is 5.62. The molecule has 1 fully saturated rings. The van der Waals surface area contributed by atoms with Crippen molar-refractivity contribution in [2.75, 3.05) is 11.9 Å². The molecular weight excluding hydrogens is 311 g/mol. The molecule has 2 N–H and O–H groups in total. The molecule has 0 heterocycles. The van der Waals surface area contributed by atoms with Gasteiger partial charge in [-0.25, -0.2) is 4.39 Å². The van der Waals surface area contributed by atoms with E-state index in [0.717, 1.165) is 12.8 Å². The van der Waals surface area contributed by atoms with Gasteiger partial charge in [0.05, 0.1) is 0 Å². The molecule has 0 radical (unpaired) electrons. The van der Waals surface area contributed by atoms with E-state index >= 15 is 0 Å². The SMILES string of the molecule is O=C(COc1cccc(F)c1)Nc1ccc(C(=O)NC2CC2)cc1. The van der Waals surface area contributed by atoms with Gasteiger partial charge in [0.1, 0.15) is 11.6 Å². The fourth-order valence-corrected chi connectivity index (χ4v) is 2.10. The van der Waals surface area contributed by atoms with E-state index in [1.165, 1.54) is 18.2 Å². The van der Waals surface area contributed by atoms with E-state index in [9.17, 15) is 14.0 Å². The molecule has 2 aromatic carbocycles. The quantitative estimate of drug-likeness (QED) is 0.857. The summed E-state index contributed by atoms with van der Waals surface area (Å²) in [6.45, 7) is -0.229. The molecule has 0 bridgehead atoms. The molecule has 1 saturated carbocycles. The molecule has 124 valence electrons. The maximum atomic E-state index is 13.0. The fourth-order valence-electron chi connectivity index (χ4n) is 2.10. The summed E-state index contributed by atoms with van der Waals surface area (Å²) < 4.78 is 18.2. The van der Waals surface area contributed by atoms with Crippen LogP contribution in [0, 0.1) is 5.82 Å². The minimum absolute atomic E-state index is 0.107. The van der Waals surface area contributed by atoms with Gasteiger partial charge >= 0.3 is 0 Å². The van der Waals surface area contributed by atoms with E-state index in [-0.39, 0.29) is 24.2 Å². The highest BCUT2D eigenvalue weighted by atomic mass is 19.1. The van der Waals surface area contributed by atoms with Crippen molar-refractivity contribution in [1.29, 1.82) is 0 Å². The molecule has 0 spiro atoms. The summed E-state index contributed by atoms with van der Waals surface area (Å²) in [6, 6.07) is 12.5. The van der Waals surface area contributed by atoms with E-state index in [0.29, 0.717) is 17.3 Å². The number of anilines is 1. The van der Waals surface area contributed by atoms with Gasteiger partial charge in [-0.05, 0) is 49.2 Å². The first kappa shape index (κ1) is 16.0. The summed E-state index contributed by atoms with van der Waals surface area (Å²) in [7, 11) is 0. The van der Waals surface area contributed by atoms with Crippen LogP contribution in [0.1, 0.15) is 23.2 Å². The van der Waals surface area contributed by atoms with Crippen molar-refractivity contribution in [3.05, 3.63) is 59.9 Å². The lowest BCUT2D eigenvalue weighted by atomic mass is 10.2. The molecule has 0 aromatic heterocycles. The maximum Gasteiger partial charge on any atom is 0.262 e. The minimum atomic E-state index is -0.423. The van der Waals surface area contributed by atoms with Crippen molar-refractivity contribution >= 4 is 17.5 Å². The van der Waals surface area contributed by atoms with E-state index in [4.69, 9.17) is 4.74 Å². The fraction of sp³-hybridized carbons (Fsp3) is 0.222. The number of amides is 2. The predicted octanol–water partition coefficient (Wildman–Crippen LogP) is 2.74. The lowest BCUT2D eigenvalue weighted by molar-refractivity contribution is -0.118. The monoisotopic (exact) mass is 328 g/mol. The second kappa shape index (κ2) is 7.12. The molecule has 1 aliphatic carbocycles. The van der Waals surface area contributed by atoms with Crippen LogP contribution in [0.4, 0.5) is 10.1 Å². The number of hydrogen-bond acceptors (Lipinski definition) is 3. The van der Waals surface area contributed by atoms with Crippen LogP contribution in [0.2, 0.25) is 0 Å². The molecule has 24 heavy (non-hydrogen) atoms. The number of nitrogens with one attached hydrogen (secondary N) is 2. The Morgan fingerprint density at radius 1 is 1.12 bits per heavy atom. The van der Waals surface area contributed by atoms with Gasteiger partial charge in [-0.2, -0.15) is 0 Å². The number of hydrogen-bond donors (Lipinski definition) is 2. The zero-order chi connectivity index (χ0) is 16.9. The predicted molar refractivity (Wildman–Crippen MR) is 87.5 cm³/mol. The molecule has 5 nitrogen and oxygen atoms in total. The standard InChI is InChI=1S/C18H17FN2O3/c19-13-2-1-3-16(10-13)24-11-17(22)20-14-6-4-12(5-7-14)18(23)21-15-8-9-15/h1-7,10,15H,8-9,11H2,(H,20,22)(H,21,23). The third-order valence-electron chi connectivity index (χ3n) is 3.51. The minimum Gasteiger partial charge on any atom is -0.484 e. The Bertz CT molecular complexity index is 742. The van der Waals surface area contributed by atoms with Crippen LogP contribution in [-0.2, 0) is 4.79 Å². The van der Waals surface area contributed by atoms with Crippen LogP contribution in [0.25, 0.3) is 0 Å². The number of carbonyl (C=O) groups is 2. The highest BCUT2D eigenvalue weighted by Gasteiger charge is 2.23. The second-order valence-electron chi connectivity index (χ2n) is 5.62. The number of rotatable bonds is 6. The summed E-state index contributed by atoms with van der Waals surface area (Å²) in [6.07, 6.45) is 2.07. The lowest BCUT2D eigenvalue weighted by Gasteiger charge is -2.08. The zero-order valence-corrected chi connectivity index (χ0v) is 12.9. The van der Waals surface area contributed by atoms with Gasteiger partial charge in [-0.3, -0.25) is 9.59 Å². The average Bonchev–Trinajstić information content (AvgIpc) is 3.38. The van der Waals surface area contributed by atoms with Gasteiger partial charge in [0.15, 0.2) is 6.61 Å². The van der Waals surface area contributed by atoms with E-state index in [1.54, 1.807) is 30.3 Å². The highest BCUT2D eigenvalue weighted by molar-refractivity contribution is 5.96. The first-order chi connectivity index (χ1) is 11.6. The van der Waals surface area contributed by atoms with Crippen LogP contribution < -0.4 is 15.4 Å². The van der Waals surface area contributed by atoms with Crippen molar-refractivity contribution < 1.29 is 18.7 Å². The first-order valence-electron chi connectivity index (χ1n) is 7.69. The molecule has 0 saturated heterocycles. The van der Waals surface area contributed by atoms with Crippen LogP contribution in [-0.4, -0.2) is 24.5 Å². The van der Waals surface area contributed by atoms with Crippen molar-refractivity contribution in [1.82, 2.24) is 5.32 Å². The molecule has 3 rings (SSSR count). The molecular formula is C18H17FN2O3. The Labute approximate surface area is 138 Å². The lowest BCUT2D eigenvalue weighted by Crippen LogP contribution is -2.25. The van der Waals surface area contributed by atoms with Crippen molar-refractivity contribution in [2.45, 2.75) is 18.9 Å². The summed E-state index contributed by atoms with van der Waals surface area (Å²) in [5.74, 6) is -0.607. The largest absolute Gasteiger partial charge is 0.484 e. The summed E-state index contributed by atoms with van der Waals surface area (Å²) >= 11 is 0. The topological polar surface area (TPSA) is 67.4 Å². The molecule has 0 aliphatic heterocycles. The highest BCUT2D eigenvalue weighted by Crippen LogP contribution is 2.19. The smallest absolute Gasteiger partial charge is 0.262 e. The van der Waals surface area contributed by atoms with Gasteiger partial charge < -0.3 is 15.4 Å². The Kier molecular flexibility index (Phi) is 4.74. The first-order valence-corrected chi connectivity index (χ1v) is 7.69. The molecule has 0 unspecified atom stereocenters. The molecule has 2 aromatic rings. The Morgan fingerprint density at radius 2 is 1.88 bits per heavy atom. The average molecular weight is 328 g/mol. The van der Waals surface area contributed by atoms with E-state index < -0.39 is 5.82 Å². The summed E-state index contributed by atoms with van der Waals surface area (Å²) in [4.78, 5) is 23.7. The van der Waals surface area contributed by atoms with Crippen molar-refractivity contribution in [3.8, 4) is 5.75 Å². The van der Waals surface area contributed by atoms with Crippen LogP contribution in [0.5, 0.6) is 5.75 Å². The molecule has 0 atom stereocenters. The zero-order valence-electron chi connectivity index (χ0n) is 12.9. The maximum absolute atomic E-state index is 13.0. The van der Waals surface area contributed by atoms with Crippen LogP contribution in [0.15, 0.2) is 48.5 Å². The van der Waals surface area contributed by atoms with Crippen molar-refractivity contribution in [3.63, 3.8) is 0 Å². The van der Waals surface area contributed by atoms with Gasteiger partial charge in [0, 0.05) is 23.4 Å². The van der Waals surface area contributed by atoms with Gasteiger partial charge in [-0.1, -0.05) is 6.07 Å². The van der Waals surface area contributed by atoms with Gasteiger partial charge in [0.2, 0.25) is 0 Å². The number of carbonyl (C=O) groups excluding carboxylic acids is 2. The van der Waals surface area contributed by atoms with Crippen molar-refractivity contribution in [2.24, 2.45) is 0 Å². The van der Waals surface area contributed by atoms with Gasteiger partial charge in [0.25, 0.3) is 11.8 Å². The number of halogens is 1. The molecule has 2 amide bonds. The third-order valence-corrected chi connectivity index (χ3v) is 3.51. The molecule has 6 heteroatoms. The Morgan fingerprint density at radius 3 is 2.54 bits per heavy atom. The third kappa shape index (κ3) is 4.55. The van der Waals surface area contributed by atoms with Crippen LogP contribution in [0.3, 0.4) is 0 Å². The Hall–Kier alpha value is -2.89. The molecule has 1 aliphatic rings. The normalized spacial score (nSPS) is 13.2. The number of benzene rings is 2. The summed E-state index contributed by atoms with van der Waals surface area (Å²) in [5, 5.41) is 5.55. The Balaban J connectivity index is 1.49. The summed E-state index contributed by atoms with van der Waals surface area (Å²) in [5.41, 5.74) is 1.11. The van der Waals surface area contributed by atoms with E-state index in [1.807, 2.05) is 0 Å². The van der Waals surface area contributed by atoms with E-state index in [2.05, 4.69) is 10.6 Å². The van der Waals surface area contributed by atoms with Crippen LogP contribution >= 0.6 is 0 Å². The van der Waals surface area contributed by atoms with Gasteiger partial charge in [-0.15, -0.1) is 0 Å².